The fraction of sp³-hybridized carbons (Fsp3) is 0.429. The van der Waals surface area contributed by atoms with Crippen molar-refractivity contribution in [3.05, 3.63) is 35.4 Å². The van der Waals surface area contributed by atoms with Crippen molar-refractivity contribution in [3.63, 3.8) is 0 Å². The van der Waals surface area contributed by atoms with Crippen LogP contribution >= 0.6 is 0 Å². The number of likely N-dealkylation sites (N-methyl/N-ethyl adjacent to an activating group) is 1. The number of benzene rings is 2. The van der Waals surface area contributed by atoms with E-state index < -0.39 is 17.6 Å². The molecule has 0 amide bonds. The van der Waals surface area contributed by atoms with Crippen LogP contribution in [-0.4, -0.2) is 57.2 Å². The molecule has 2 aliphatic heterocycles. The lowest BCUT2D eigenvalue weighted by atomic mass is 9.53. The van der Waals surface area contributed by atoms with Gasteiger partial charge in [0.2, 0.25) is 0 Å². The Morgan fingerprint density at radius 3 is 2.63 bits per heavy atom. The van der Waals surface area contributed by atoms with Gasteiger partial charge in [-0.25, -0.2) is 0 Å². The van der Waals surface area contributed by atoms with Crippen molar-refractivity contribution in [3.8, 4) is 23.0 Å². The minimum Gasteiger partial charge on any atom is -0.507 e. The van der Waals surface area contributed by atoms with Crippen LogP contribution in [-0.2, 0) is 11.8 Å². The zero-order chi connectivity index (χ0) is 18.7. The highest BCUT2D eigenvalue weighted by Gasteiger charge is 2.64. The average molecular weight is 367 g/mol. The Bertz CT molecular complexity index is 1050. The number of aliphatic hydroxyl groups excluding tert-OH is 1. The Hall–Kier alpha value is -2.44. The Labute approximate surface area is 155 Å². The summed E-state index contributed by atoms with van der Waals surface area (Å²) in [6.45, 7) is 0.880. The number of phenolic OH excluding ortho intramolecular Hbond substituents is 3. The quantitative estimate of drug-likeness (QED) is 0.419. The van der Waals surface area contributed by atoms with E-state index in [2.05, 4.69) is 18.0 Å². The monoisotopic (exact) mass is 367 g/mol. The van der Waals surface area contributed by atoms with Gasteiger partial charge in [-0.3, -0.25) is 0 Å². The zero-order valence-electron chi connectivity index (χ0n) is 14.9. The highest BCUT2D eigenvalue weighted by molar-refractivity contribution is 6.03. The molecule has 1 fully saturated rings. The second kappa shape index (κ2) is 4.69. The van der Waals surface area contributed by atoms with Crippen LogP contribution in [0.15, 0.2) is 24.3 Å². The van der Waals surface area contributed by atoms with Gasteiger partial charge in [-0.15, -0.1) is 0 Å². The molecular weight excluding hydrogens is 346 g/mol. The van der Waals surface area contributed by atoms with Crippen molar-refractivity contribution < 1.29 is 25.2 Å². The van der Waals surface area contributed by atoms with E-state index in [-0.39, 0.29) is 34.6 Å². The first kappa shape index (κ1) is 15.6. The molecule has 2 aliphatic carbocycles. The third-order valence-electron chi connectivity index (χ3n) is 7.35. The first-order chi connectivity index (χ1) is 12.9. The largest absolute Gasteiger partial charge is 0.507 e. The molecular formula is C21H21NO5. The highest BCUT2D eigenvalue weighted by Crippen LogP contribution is 2.65. The molecule has 2 heterocycles. The average Bonchev–Trinajstić information content (AvgIpc) is 3.00. The minimum absolute atomic E-state index is 0.0434. The molecule has 140 valence electrons. The molecule has 4 N–H and O–H groups in total. The number of aliphatic hydroxyl groups is 1. The molecule has 2 bridgehead atoms. The van der Waals surface area contributed by atoms with Gasteiger partial charge in [0.05, 0.1) is 5.39 Å². The van der Waals surface area contributed by atoms with Gasteiger partial charge >= 0.3 is 0 Å². The molecule has 1 spiro atoms. The molecule has 2 aromatic carbocycles. The van der Waals surface area contributed by atoms with Gasteiger partial charge in [-0.2, -0.15) is 0 Å². The summed E-state index contributed by atoms with van der Waals surface area (Å²) < 4.78 is 6.20. The minimum atomic E-state index is -0.756. The van der Waals surface area contributed by atoms with Gasteiger partial charge in [0.1, 0.15) is 23.7 Å². The third-order valence-corrected chi connectivity index (χ3v) is 7.35. The Kier molecular flexibility index (Phi) is 2.71. The number of likely N-dealkylation sites (tertiary alicyclic amines) is 1. The van der Waals surface area contributed by atoms with E-state index in [0.29, 0.717) is 17.6 Å². The summed E-state index contributed by atoms with van der Waals surface area (Å²) in [5, 5.41) is 43.4. The van der Waals surface area contributed by atoms with E-state index in [1.54, 1.807) is 0 Å². The topological polar surface area (TPSA) is 93.4 Å². The molecule has 6 rings (SSSR count). The number of hydrogen-bond donors (Lipinski definition) is 4. The summed E-state index contributed by atoms with van der Waals surface area (Å²) in [5.41, 5.74) is 1.41. The molecule has 2 aromatic rings. The van der Waals surface area contributed by atoms with Crippen molar-refractivity contribution >= 4 is 10.8 Å². The van der Waals surface area contributed by atoms with E-state index in [9.17, 15) is 20.4 Å². The SMILES string of the molecule is CN1CC[C@@]23c4c5c(O)c6c(O)ccc(O)c6c4C[C@@H]1[C@@H]2C=C[C@H](O)[C@@H]3O5. The molecule has 0 radical (unpaired) electrons. The van der Waals surface area contributed by atoms with Crippen LogP contribution < -0.4 is 4.74 Å². The molecule has 0 saturated carbocycles. The van der Waals surface area contributed by atoms with Crippen LogP contribution in [0.5, 0.6) is 23.0 Å². The van der Waals surface area contributed by atoms with E-state index in [1.807, 2.05) is 6.08 Å². The molecule has 27 heavy (non-hydrogen) atoms. The van der Waals surface area contributed by atoms with E-state index in [0.717, 1.165) is 24.1 Å². The van der Waals surface area contributed by atoms with E-state index in [1.165, 1.54) is 12.1 Å². The number of hydrogen-bond acceptors (Lipinski definition) is 6. The van der Waals surface area contributed by atoms with Crippen LogP contribution in [0.25, 0.3) is 10.8 Å². The molecule has 0 aromatic heterocycles. The number of ether oxygens (including phenoxy) is 1. The van der Waals surface area contributed by atoms with Gasteiger partial charge in [-0.05, 0) is 44.1 Å². The normalized spacial score (nSPS) is 35.9. The van der Waals surface area contributed by atoms with Crippen LogP contribution in [0.1, 0.15) is 17.5 Å². The highest BCUT2D eigenvalue weighted by atomic mass is 16.5. The number of nitrogens with zero attached hydrogens (tertiary/aromatic N) is 1. The predicted octanol–water partition coefficient (Wildman–Crippen LogP) is 1.76. The lowest BCUT2D eigenvalue weighted by Crippen LogP contribution is -2.64. The first-order valence-corrected chi connectivity index (χ1v) is 9.41. The maximum atomic E-state index is 11.0. The maximum absolute atomic E-state index is 11.0. The van der Waals surface area contributed by atoms with Gasteiger partial charge in [-0.1, -0.05) is 12.2 Å². The van der Waals surface area contributed by atoms with Crippen molar-refractivity contribution in [2.45, 2.75) is 36.5 Å². The van der Waals surface area contributed by atoms with Crippen molar-refractivity contribution in [2.24, 2.45) is 5.92 Å². The number of fused-ring (bicyclic) bond motifs is 2. The van der Waals surface area contributed by atoms with Gasteiger partial charge in [0, 0.05) is 28.3 Å². The van der Waals surface area contributed by atoms with E-state index in [4.69, 9.17) is 4.74 Å². The van der Waals surface area contributed by atoms with Crippen molar-refractivity contribution in [2.75, 3.05) is 13.6 Å². The summed E-state index contributed by atoms with van der Waals surface area (Å²) in [6, 6.07) is 3.05. The molecule has 6 heteroatoms. The van der Waals surface area contributed by atoms with Crippen molar-refractivity contribution in [1.82, 2.24) is 4.90 Å². The van der Waals surface area contributed by atoms with Crippen LogP contribution in [0, 0.1) is 5.92 Å². The number of aromatic hydroxyl groups is 3. The molecule has 5 atom stereocenters. The molecule has 6 nitrogen and oxygen atoms in total. The smallest absolute Gasteiger partial charge is 0.169 e. The number of phenols is 3. The Morgan fingerprint density at radius 2 is 1.85 bits per heavy atom. The summed E-state index contributed by atoms with van der Waals surface area (Å²) >= 11 is 0. The Balaban J connectivity index is 1.80. The Morgan fingerprint density at radius 1 is 1.11 bits per heavy atom. The molecule has 4 aliphatic rings. The summed E-state index contributed by atoms with van der Waals surface area (Å²) in [7, 11) is 2.10. The summed E-state index contributed by atoms with van der Waals surface area (Å²) in [4.78, 5) is 2.33. The van der Waals surface area contributed by atoms with Crippen LogP contribution in [0.3, 0.4) is 0 Å². The number of piperidine rings is 1. The molecule has 1 saturated heterocycles. The predicted molar refractivity (Wildman–Crippen MR) is 98.4 cm³/mol. The summed E-state index contributed by atoms with van der Waals surface area (Å²) in [6.07, 6.45) is 4.18. The van der Waals surface area contributed by atoms with E-state index >= 15 is 0 Å². The van der Waals surface area contributed by atoms with Crippen molar-refractivity contribution in [1.29, 1.82) is 0 Å². The number of rotatable bonds is 0. The first-order valence-electron chi connectivity index (χ1n) is 9.41. The maximum Gasteiger partial charge on any atom is 0.169 e. The van der Waals surface area contributed by atoms with Gasteiger partial charge in [0.25, 0.3) is 0 Å². The lowest BCUT2D eigenvalue weighted by molar-refractivity contribution is -0.0452. The van der Waals surface area contributed by atoms with Gasteiger partial charge in [0.15, 0.2) is 11.5 Å². The second-order valence-electron chi connectivity index (χ2n) is 8.37. The standard InChI is InChI=1S/C21H21NO5/c1-22-7-6-21-10-2-3-14(25)20(21)27-19-17(21)9(8-11(10)22)15-12(23)4-5-13(24)16(15)18(19)26/h2-5,10-11,14,20,23-26H,6-8H2,1H3/t10-,11+,14-,20-,21-/m0/s1. The van der Waals surface area contributed by atoms with Gasteiger partial charge < -0.3 is 30.1 Å². The van der Waals surface area contributed by atoms with Crippen LogP contribution in [0.4, 0.5) is 0 Å². The fourth-order valence-electron chi connectivity index (χ4n) is 6.24. The lowest BCUT2D eigenvalue weighted by Gasteiger charge is -2.56. The van der Waals surface area contributed by atoms with Crippen LogP contribution in [0.2, 0.25) is 0 Å². The third kappa shape index (κ3) is 1.57. The zero-order valence-corrected chi connectivity index (χ0v) is 14.9. The summed E-state index contributed by atoms with van der Waals surface area (Å²) in [5.74, 6) is 0.342. The molecule has 0 unspecified atom stereocenters. The fourth-order valence-corrected chi connectivity index (χ4v) is 6.24. The second-order valence-corrected chi connectivity index (χ2v) is 8.37.